The molecule has 28 heavy (non-hydrogen) atoms. The van der Waals surface area contributed by atoms with Gasteiger partial charge in [0.05, 0.1) is 0 Å². The van der Waals surface area contributed by atoms with Crippen molar-refractivity contribution in [3.63, 3.8) is 0 Å². The van der Waals surface area contributed by atoms with Crippen LogP contribution in [-0.4, -0.2) is 5.78 Å². The quantitative estimate of drug-likeness (QED) is 0.473. The molecule has 4 aliphatic carbocycles. The molecule has 0 radical (unpaired) electrons. The Morgan fingerprint density at radius 1 is 0.893 bits per heavy atom. The molecule has 0 saturated heterocycles. The minimum absolute atomic E-state index is 0.334. The second kappa shape index (κ2) is 7.73. The number of carbonyl (C=O) groups is 1. The monoisotopic (exact) mass is 386 g/mol. The Morgan fingerprint density at radius 3 is 2.39 bits per heavy atom. The molecule has 1 heteroatoms. The van der Waals surface area contributed by atoms with Crippen molar-refractivity contribution in [1.29, 1.82) is 0 Å². The number of rotatable bonds is 5. The SMILES string of the molecule is CC(C)CCC[C@@H](C)C1CCC2C3CC(=O)[C@H]4CCCCC4(C)C3CCC21C. The molecule has 0 aromatic carbocycles. The molecule has 0 heterocycles. The van der Waals surface area contributed by atoms with Gasteiger partial charge in [0.1, 0.15) is 5.78 Å². The van der Waals surface area contributed by atoms with Crippen LogP contribution >= 0.6 is 0 Å². The van der Waals surface area contributed by atoms with Crippen molar-refractivity contribution < 1.29 is 4.79 Å². The van der Waals surface area contributed by atoms with E-state index in [0.29, 0.717) is 28.4 Å². The highest BCUT2D eigenvalue weighted by atomic mass is 16.1. The molecule has 0 N–H and O–H groups in total. The lowest BCUT2D eigenvalue weighted by molar-refractivity contribution is -0.154. The van der Waals surface area contributed by atoms with Crippen LogP contribution in [0.2, 0.25) is 0 Å². The Balaban J connectivity index is 1.50. The molecule has 4 aliphatic rings. The second-order valence-electron chi connectivity index (χ2n) is 12.4. The van der Waals surface area contributed by atoms with Crippen LogP contribution in [0, 0.1) is 52.3 Å². The van der Waals surface area contributed by atoms with E-state index < -0.39 is 0 Å². The molecule has 1 nitrogen and oxygen atoms in total. The standard InChI is InChI=1S/C27H46O/c1-18(2)9-8-10-19(3)21-12-13-22-20-17-25(28)24-11-6-7-15-26(24,4)23(20)14-16-27(21,22)5/h18-24H,6-17H2,1-5H3/t19-,20?,21?,22?,23?,24-,26?,27?/m1/s1. The Labute approximate surface area is 174 Å². The molecule has 0 amide bonds. The van der Waals surface area contributed by atoms with Crippen molar-refractivity contribution >= 4 is 5.78 Å². The minimum Gasteiger partial charge on any atom is -0.299 e. The van der Waals surface area contributed by atoms with Gasteiger partial charge in [0.2, 0.25) is 0 Å². The number of Topliss-reactive ketones (excluding diaryl/α,β-unsaturated/α-hetero) is 1. The summed E-state index contributed by atoms with van der Waals surface area (Å²) in [6.07, 6.45) is 16.0. The lowest BCUT2D eigenvalue weighted by Gasteiger charge is -2.60. The molecule has 0 aromatic rings. The van der Waals surface area contributed by atoms with Gasteiger partial charge in [-0.1, -0.05) is 66.7 Å². The molecule has 0 aromatic heterocycles. The summed E-state index contributed by atoms with van der Waals surface area (Å²) in [5.74, 6) is 6.03. The highest BCUT2D eigenvalue weighted by Gasteiger charge is 2.61. The normalized spacial score (nSPS) is 46.8. The van der Waals surface area contributed by atoms with E-state index in [4.69, 9.17) is 0 Å². The molecular formula is C27H46O. The van der Waals surface area contributed by atoms with Gasteiger partial charge in [-0.3, -0.25) is 4.79 Å². The molecule has 6 unspecified atom stereocenters. The van der Waals surface area contributed by atoms with Crippen molar-refractivity contribution in [3.05, 3.63) is 0 Å². The number of carbonyl (C=O) groups excluding carboxylic acids is 1. The molecule has 0 spiro atoms. The molecule has 4 saturated carbocycles. The van der Waals surface area contributed by atoms with Crippen LogP contribution in [0.15, 0.2) is 0 Å². The fraction of sp³-hybridized carbons (Fsp3) is 0.963. The van der Waals surface area contributed by atoms with Gasteiger partial charge in [0.15, 0.2) is 0 Å². The maximum Gasteiger partial charge on any atom is 0.136 e. The van der Waals surface area contributed by atoms with Gasteiger partial charge < -0.3 is 0 Å². The second-order valence-corrected chi connectivity index (χ2v) is 12.4. The molecule has 0 aliphatic heterocycles. The summed E-state index contributed by atoms with van der Waals surface area (Å²) >= 11 is 0. The first-order chi connectivity index (χ1) is 13.3. The Hall–Kier alpha value is -0.330. The number of fused-ring (bicyclic) bond motifs is 5. The molecule has 4 rings (SSSR count). The van der Waals surface area contributed by atoms with Crippen LogP contribution in [0.25, 0.3) is 0 Å². The van der Waals surface area contributed by atoms with Gasteiger partial charge in [-0.05, 0) is 84.9 Å². The summed E-state index contributed by atoms with van der Waals surface area (Å²) in [6, 6.07) is 0. The van der Waals surface area contributed by atoms with Crippen molar-refractivity contribution in [3.8, 4) is 0 Å². The summed E-state index contributed by atoms with van der Waals surface area (Å²) < 4.78 is 0. The Bertz CT molecular complexity index is 579. The van der Waals surface area contributed by atoms with Gasteiger partial charge in [-0.15, -0.1) is 0 Å². The molecule has 160 valence electrons. The van der Waals surface area contributed by atoms with E-state index in [1.165, 1.54) is 70.6 Å². The first-order valence-electron chi connectivity index (χ1n) is 12.8. The highest BCUT2D eigenvalue weighted by Crippen LogP contribution is 2.67. The van der Waals surface area contributed by atoms with Crippen LogP contribution in [-0.2, 0) is 4.79 Å². The van der Waals surface area contributed by atoms with Gasteiger partial charge in [-0.2, -0.15) is 0 Å². The predicted molar refractivity (Wildman–Crippen MR) is 118 cm³/mol. The smallest absolute Gasteiger partial charge is 0.136 e. The van der Waals surface area contributed by atoms with Crippen LogP contribution in [0.5, 0.6) is 0 Å². The fourth-order valence-electron chi connectivity index (χ4n) is 9.12. The maximum absolute atomic E-state index is 13.2. The molecule has 0 bridgehead atoms. The van der Waals surface area contributed by atoms with Crippen LogP contribution in [0.4, 0.5) is 0 Å². The van der Waals surface area contributed by atoms with Crippen molar-refractivity contribution in [2.45, 2.75) is 112 Å². The van der Waals surface area contributed by atoms with E-state index in [9.17, 15) is 4.79 Å². The predicted octanol–water partition coefficient (Wildman–Crippen LogP) is 7.68. The van der Waals surface area contributed by atoms with Crippen molar-refractivity contribution in [2.24, 2.45) is 52.3 Å². The van der Waals surface area contributed by atoms with Crippen LogP contribution < -0.4 is 0 Å². The van der Waals surface area contributed by atoms with E-state index in [-0.39, 0.29) is 0 Å². The molecule has 8 atom stereocenters. The lowest BCUT2D eigenvalue weighted by Crippen LogP contribution is -2.56. The summed E-state index contributed by atoms with van der Waals surface area (Å²) in [7, 11) is 0. The molecule has 4 fully saturated rings. The number of ketones is 1. The van der Waals surface area contributed by atoms with Crippen molar-refractivity contribution in [2.75, 3.05) is 0 Å². The van der Waals surface area contributed by atoms with E-state index in [0.717, 1.165) is 36.0 Å². The van der Waals surface area contributed by atoms with E-state index in [1.807, 2.05) is 0 Å². The third kappa shape index (κ3) is 3.31. The minimum atomic E-state index is 0.334. The lowest BCUT2D eigenvalue weighted by atomic mass is 9.44. The average Bonchev–Trinajstić information content (AvgIpc) is 2.99. The zero-order chi connectivity index (χ0) is 20.1. The van der Waals surface area contributed by atoms with E-state index in [2.05, 4.69) is 34.6 Å². The maximum atomic E-state index is 13.2. The first-order valence-corrected chi connectivity index (χ1v) is 12.8. The first kappa shape index (κ1) is 20.9. The van der Waals surface area contributed by atoms with Gasteiger partial charge >= 0.3 is 0 Å². The third-order valence-electron chi connectivity index (χ3n) is 10.6. The van der Waals surface area contributed by atoms with Crippen molar-refractivity contribution in [1.82, 2.24) is 0 Å². The van der Waals surface area contributed by atoms with Gasteiger partial charge in [-0.25, -0.2) is 0 Å². The fourth-order valence-corrected chi connectivity index (χ4v) is 9.12. The number of hydrogen-bond acceptors (Lipinski definition) is 1. The summed E-state index contributed by atoms with van der Waals surface area (Å²) in [5.41, 5.74) is 0.844. The van der Waals surface area contributed by atoms with Crippen LogP contribution in [0.3, 0.4) is 0 Å². The Kier molecular flexibility index (Phi) is 5.78. The third-order valence-corrected chi connectivity index (χ3v) is 10.6. The zero-order valence-corrected chi connectivity index (χ0v) is 19.4. The Morgan fingerprint density at radius 2 is 1.64 bits per heavy atom. The topological polar surface area (TPSA) is 17.1 Å². The van der Waals surface area contributed by atoms with E-state index >= 15 is 0 Å². The van der Waals surface area contributed by atoms with E-state index in [1.54, 1.807) is 0 Å². The largest absolute Gasteiger partial charge is 0.299 e. The highest BCUT2D eigenvalue weighted by molar-refractivity contribution is 5.83. The number of hydrogen-bond donors (Lipinski definition) is 0. The zero-order valence-electron chi connectivity index (χ0n) is 19.4. The van der Waals surface area contributed by atoms with Crippen LogP contribution in [0.1, 0.15) is 112 Å². The summed E-state index contributed by atoms with van der Waals surface area (Å²) in [4.78, 5) is 13.2. The average molecular weight is 387 g/mol. The molecular weight excluding hydrogens is 340 g/mol. The van der Waals surface area contributed by atoms with Gasteiger partial charge in [0.25, 0.3) is 0 Å². The summed E-state index contributed by atoms with van der Waals surface area (Å²) in [6.45, 7) is 12.4. The summed E-state index contributed by atoms with van der Waals surface area (Å²) in [5, 5.41) is 0. The van der Waals surface area contributed by atoms with Gasteiger partial charge in [0, 0.05) is 12.3 Å².